The third kappa shape index (κ3) is 3.65. The van der Waals surface area contributed by atoms with Gasteiger partial charge < -0.3 is 24.7 Å². The highest BCUT2D eigenvalue weighted by atomic mass is 16.5. The Hall–Kier alpha value is -3.33. The first-order valence-electron chi connectivity index (χ1n) is 10.8. The monoisotopic (exact) mass is 421 g/mol. The number of carbonyl (C=O) groups excluding carboxylic acids is 1. The van der Waals surface area contributed by atoms with Crippen molar-refractivity contribution >= 4 is 28.9 Å². The van der Waals surface area contributed by atoms with Crippen LogP contribution in [0.2, 0.25) is 0 Å². The Morgan fingerprint density at radius 2 is 2.10 bits per heavy atom. The first-order chi connectivity index (χ1) is 15.1. The van der Waals surface area contributed by atoms with Crippen molar-refractivity contribution < 1.29 is 9.53 Å². The largest absolute Gasteiger partial charge is 0.491 e. The van der Waals surface area contributed by atoms with Gasteiger partial charge in [0, 0.05) is 68.6 Å². The van der Waals surface area contributed by atoms with Crippen LogP contribution in [0.1, 0.15) is 18.2 Å². The third-order valence-corrected chi connectivity index (χ3v) is 5.77. The number of rotatable bonds is 4. The van der Waals surface area contributed by atoms with E-state index in [0.29, 0.717) is 24.6 Å². The molecule has 0 aromatic carbocycles. The summed E-state index contributed by atoms with van der Waals surface area (Å²) >= 11 is 0. The van der Waals surface area contributed by atoms with Crippen LogP contribution in [0.25, 0.3) is 5.65 Å². The lowest BCUT2D eigenvalue weighted by Gasteiger charge is -2.31. The van der Waals surface area contributed by atoms with Crippen LogP contribution in [0.3, 0.4) is 0 Å². The van der Waals surface area contributed by atoms with Gasteiger partial charge >= 0.3 is 6.03 Å². The zero-order valence-electron chi connectivity index (χ0n) is 17.9. The number of pyridine rings is 2. The van der Waals surface area contributed by atoms with Gasteiger partial charge in [0.05, 0.1) is 12.3 Å². The molecule has 1 saturated heterocycles. The molecule has 0 spiro atoms. The van der Waals surface area contributed by atoms with Gasteiger partial charge in [-0.05, 0) is 26.3 Å². The highest BCUT2D eigenvalue weighted by molar-refractivity contribution is 6.03. The molecule has 0 atom stereocenters. The molecule has 2 amide bonds. The molecule has 0 unspecified atom stereocenters. The first-order valence-corrected chi connectivity index (χ1v) is 10.8. The lowest BCUT2D eigenvalue weighted by molar-refractivity contribution is 0.257. The fraction of sp³-hybridized carbons (Fsp3) is 0.409. The maximum atomic E-state index is 13.2. The second-order valence-electron chi connectivity index (χ2n) is 7.83. The summed E-state index contributed by atoms with van der Waals surface area (Å²) in [5.41, 5.74) is 4.64. The van der Waals surface area contributed by atoms with Crippen molar-refractivity contribution in [2.75, 3.05) is 54.4 Å². The number of carbonyl (C=O) groups is 1. The molecule has 3 aromatic rings. The van der Waals surface area contributed by atoms with Gasteiger partial charge in [0.15, 0.2) is 0 Å². The maximum Gasteiger partial charge on any atom is 0.327 e. The lowest BCUT2D eigenvalue weighted by atomic mass is 10.1. The number of ether oxygens (including phenoxy) is 1. The van der Waals surface area contributed by atoms with Crippen molar-refractivity contribution in [3.8, 4) is 5.75 Å². The molecule has 9 nitrogen and oxygen atoms in total. The molecule has 3 aromatic heterocycles. The number of anilines is 3. The molecule has 2 N–H and O–H groups in total. The van der Waals surface area contributed by atoms with E-state index in [1.165, 1.54) is 5.69 Å². The molecule has 1 fully saturated rings. The van der Waals surface area contributed by atoms with E-state index in [9.17, 15) is 4.79 Å². The average molecular weight is 422 g/mol. The van der Waals surface area contributed by atoms with Crippen molar-refractivity contribution in [1.82, 2.24) is 19.7 Å². The minimum Gasteiger partial charge on any atom is -0.491 e. The van der Waals surface area contributed by atoms with Crippen molar-refractivity contribution in [1.29, 1.82) is 0 Å². The Kier molecular flexibility index (Phi) is 5.11. The van der Waals surface area contributed by atoms with Gasteiger partial charge in [-0.3, -0.25) is 4.90 Å². The van der Waals surface area contributed by atoms with E-state index >= 15 is 0 Å². The maximum absolute atomic E-state index is 13.2. The number of hydrogen-bond donors (Lipinski definition) is 2. The quantitative estimate of drug-likeness (QED) is 0.673. The Morgan fingerprint density at radius 3 is 2.90 bits per heavy atom. The summed E-state index contributed by atoms with van der Waals surface area (Å²) < 4.78 is 7.67. The standard InChI is InChI=1S/C22H27N7O2/c1-3-31-19-12-20-25-15(2)13-28(20)14-17(19)26-22(30)29-9-5-16-18(4-6-24-21(16)29)27-10-7-23-8-11-27/h4,6,12-14,23H,3,5,7-11H2,1-2H3,(H,26,30). The van der Waals surface area contributed by atoms with E-state index < -0.39 is 0 Å². The molecule has 5 rings (SSSR count). The van der Waals surface area contributed by atoms with E-state index in [4.69, 9.17) is 4.74 Å². The van der Waals surface area contributed by atoms with Crippen LogP contribution in [-0.4, -0.2) is 59.7 Å². The summed E-state index contributed by atoms with van der Waals surface area (Å²) in [6, 6.07) is 3.71. The van der Waals surface area contributed by atoms with Gasteiger partial charge in [-0.25, -0.2) is 14.8 Å². The Bertz CT molecular complexity index is 1120. The zero-order valence-corrected chi connectivity index (χ0v) is 17.9. The van der Waals surface area contributed by atoms with Crippen LogP contribution in [0.4, 0.5) is 22.0 Å². The molecular formula is C22H27N7O2. The van der Waals surface area contributed by atoms with Crippen LogP contribution in [0.5, 0.6) is 5.75 Å². The number of aryl methyl sites for hydroxylation is 1. The number of nitrogens with one attached hydrogen (secondary N) is 2. The van der Waals surface area contributed by atoms with Gasteiger partial charge in [-0.15, -0.1) is 0 Å². The van der Waals surface area contributed by atoms with Gasteiger partial charge in [-0.2, -0.15) is 0 Å². The summed E-state index contributed by atoms with van der Waals surface area (Å²) in [6.07, 6.45) is 6.37. The molecule has 9 heteroatoms. The minimum absolute atomic E-state index is 0.208. The van der Waals surface area contributed by atoms with Crippen molar-refractivity contribution in [2.45, 2.75) is 20.3 Å². The van der Waals surface area contributed by atoms with Gasteiger partial charge in [0.2, 0.25) is 0 Å². The number of aromatic nitrogens is 3. The molecule has 0 bridgehead atoms. The minimum atomic E-state index is -0.208. The lowest BCUT2D eigenvalue weighted by Crippen LogP contribution is -2.43. The molecule has 0 radical (unpaired) electrons. The molecule has 31 heavy (non-hydrogen) atoms. The smallest absolute Gasteiger partial charge is 0.327 e. The second-order valence-corrected chi connectivity index (χ2v) is 7.83. The van der Waals surface area contributed by atoms with Crippen LogP contribution in [0, 0.1) is 6.92 Å². The highest BCUT2D eigenvalue weighted by Crippen LogP contribution is 2.35. The van der Waals surface area contributed by atoms with Crippen molar-refractivity contribution in [2.24, 2.45) is 0 Å². The Labute approximate surface area is 181 Å². The zero-order chi connectivity index (χ0) is 21.4. The van der Waals surface area contributed by atoms with E-state index in [0.717, 1.165) is 55.3 Å². The van der Waals surface area contributed by atoms with Crippen molar-refractivity contribution in [3.63, 3.8) is 0 Å². The van der Waals surface area contributed by atoms with Crippen LogP contribution in [0.15, 0.2) is 30.7 Å². The van der Waals surface area contributed by atoms with E-state index in [1.807, 2.05) is 36.7 Å². The molecule has 2 aliphatic heterocycles. The highest BCUT2D eigenvalue weighted by Gasteiger charge is 2.30. The normalized spacial score (nSPS) is 15.9. The number of piperazine rings is 1. The predicted octanol–water partition coefficient (Wildman–Crippen LogP) is 2.44. The average Bonchev–Trinajstić information content (AvgIpc) is 3.37. The van der Waals surface area contributed by atoms with Gasteiger partial charge in [-0.1, -0.05) is 0 Å². The van der Waals surface area contributed by atoms with Gasteiger partial charge in [0.1, 0.15) is 22.9 Å². The fourth-order valence-electron chi connectivity index (χ4n) is 4.37. The molecule has 0 aliphatic carbocycles. The summed E-state index contributed by atoms with van der Waals surface area (Å²) in [5, 5.41) is 6.41. The van der Waals surface area contributed by atoms with Crippen molar-refractivity contribution in [3.05, 3.63) is 42.0 Å². The number of imidazole rings is 1. The molecule has 2 aliphatic rings. The number of hydrogen-bond acceptors (Lipinski definition) is 6. The second kappa shape index (κ2) is 8.07. The summed E-state index contributed by atoms with van der Waals surface area (Å²) in [5.74, 6) is 1.35. The molecule has 5 heterocycles. The van der Waals surface area contributed by atoms with E-state index in [-0.39, 0.29) is 6.03 Å². The first kappa shape index (κ1) is 19.6. The molecule has 162 valence electrons. The van der Waals surface area contributed by atoms with Gasteiger partial charge in [0.25, 0.3) is 0 Å². The summed E-state index contributed by atoms with van der Waals surface area (Å²) in [7, 11) is 0. The number of nitrogens with zero attached hydrogens (tertiary/aromatic N) is 5. The third-order valence-electron chi connectivity index (χ3n) is 5.77. The Balaban J connectivity index is 1.42. The molecular weight excluding hydrogens is 394 g/mol. The predicted molar refractivity (Wildman–Crippen MR) is 120 cm³/mol. The fourth-order valence-corrected chi connectivity index (χ4v) is 4.37. The molecule has 0 saturated carbocycles. The number of urea groups is 1. The summed E-state index contributed by atoms with van der Waals surface area (Å²) in [6.45, 7) is 8.83. The van der Waals surface area contributed by atoms with Crippen LogP contribution >= 0.6 is 0 Å². The Morgan fingerprint density at radius 1 is 1.26 bits per heavy atom. The SMILES string of the molecule is CCOc1cc2nc(C)cn2cc1NC(=O)N1CCc2c(N3CCNCC3)ccnc21. The number of fused-ring (bicyclic) bond motifs is 2. The van der Waals surface area contributed by atoms with Crippen LogP contribution in [-0.2, 0) is 6.42 Å². The van der Waals surface area contributed by atoms with E-state index in [1.54, 1.807) is 11.1 Å². The van der Waals surface area contributed by atoms with Crippen LogP contribution < -0.4 is 25.2 Å². The number of amides is 2. The topological polar surface area (TPSA) is 87.0 Å². The van der Waals surface area contributed by atoms with E-state index in [2.05, 4.69) is 31.6 Å². The summed E-state index contributed by atoms with van der Waals surface area (Å²) in [4.78, 5) is 26.4.